The highest BCUT2D eigenvalue weighted by atomic mass is 16.6. The molecule has 1 unspecified atom stereocenters. The van der Waals surface area contributed by atoms with E-state index in [0.717, 1.165) is 83.5 Å². The van der Waals surface area contributed by atoms with E-state index in [9.17, 15) is 14.4 Å². The van der Waals surface area contributed by atoms with Crippen LogP contribution in [0.2, 0.25) is 0 Å². The summed E-state index contributed by atoms with van der Waals surface area (Å²) in [5.41, 5.74) is 0. The molecule has 6 nitrogen and oxygen atoms in total. The third kappa shape index (κ3) is 45.0. The standard InChI is InChI=1S/C53H84O6/c1-4-7-10-13-16-19-22-25-26-27-28-29-32-34-37-40-43-46-52(55)58-49-50(59-53(56)47-44-41-38-35-31-24-21-18-15-12-9-6-3)48-57-51(54)45-42-39-36-33-30-23-20-17-14-11-8-5-2/h8-9,11-12,17-18,20-21,25-26,28-31,33-35,37,50H,4-7,10,13-16,19,22-24,27,32,36,38-49H2,1-3H3/b11-8-,12-9-,20-17-,21-18-,26-25-,29-28-,33-30-,35-31-,37-34-. The Morgan fingerprint density at radius 1 is 0.356 bits per heavy atom. The molecule has 0 saturated heterocycles. The number of esters is 3. The maximum atomic E-state index is 12.7. The van der Waals surface area contributed by atoms with Gasteiger partial charge in [-0.2, -0.15) is 0 Å². The second-order valence-corrected chi connectivity index (χ2v) is 14.9. The van der Waals surface area contributed by atoms with Gasteiger partial charge >= 0.3 is 17.9 Å². The van der Waals surface area contributed by atoms with Crippen LogP contribution < -0.4 is 0 Å². The van der Waals surface area contributed by atoms with Gasteiger partial charge in [0, 0.05) is 19.3 Å². The molecule has 6 heteroatoms. The van der Waals surface area contributed by atoms with Gasteiger partial charge in [-0.05, 0) is 116 Å². The van der Waals surface area contributed by atoms with Crippen LogP contribution >= 0.6 is 0 Å². The number of unbranched alkanes of at least 4 members (excludes halogenated alkanes) is 11. The number of hydrogen-bond acceptors (Lipinski definition) is 6. The van der Waals surface area contributed by atoms with E-state index in [2.05, 4.69) is 130 Å². The Balaban J connectivity index is 4.57. The summed E-state index contributed by atoms with van der Waals surface area (Å²) < 4.78 is 16.6. The van der Waals surface area contributed by atoms with Crippen LogP contribution in [0.4, 0.5) is 0 Å². The second kappa shape index (κ2) is 46.8. The average Bonchev–Trinajstić information content (AvgIpc) is 3.23. The van der Waals surface area contributed by atoms with E-state index in [-0.39, 0.29) is 50.4 Å². The molecule has 1 atom stereocenters. The summed E-state index contributed by atoms with van der Waals surface area (Å²) in [6.45, 7) is 6.25. The van der Waals surface area contributed by atoms with Crippen LogP contribution in [0.1, 0.15) is 188 Å². The number of allylic oxidation sites excluding steroid dienone is 18. The van der Waals surface area contributed by atoms with Gasteiger partial charge in [-0.3, -0.25) is 14.4 Å². The van der Waals surface area contributed by atoms with Gasteiger partial charge in [0.05, 0.1) is 0 Å². The molecule has 0 aliphatic carbocycles. The SMILES string of the molecule is CC/C=C\C/C=C\C/C=C\CCCCC(=O)OCC(COC(=O)CCC/C=C\C/C=C\C/C=C\CCCCCCCC)OC(=O)CCCC/C=C\C/C=C\C/C=C\CC. The Hall–Kier alpha value is -3.93. The summed E-state index contributed by atoms with van der Waals surface area (Å²) in [6.07, 6.45) is 62.3. The Bertz CT molecular complexity index is 1260. The molecule has 0 amide bonds. The van der Waals surface area contributed by atoms with E-state index in [1.807, 2.05) is 0 Å². The first kappa shape index (κ1) is 55.1. The highest BCUT2D eigenvalue weighted by Crippen LogP contribution is 2.10. The topological polar surface area (TPSA) is 78.9 Å². The van der Waals surface area contributed by atoms with Crippen molar-refractivity contribution in [3.63, 3.8) is 0 Å². The molecule has 0 spiro atoms. The van der Waals surface area contributed by atoms with Crippen molar-refractivity contribution in [2.45, 2.75) is 194 Å². The zero-order valence-electron chi connectivity index (χ0n) is 37.7. The third-order valence-corrected chi connectivity index (χ3v) is 9.24. The predicted octanol–water partition coefficient (Wildman–Crippen LogP) is 15.2. The molecule has 0 rings (SSSR count). The summed E-state index contributed by atoms with van der Waals surface area (Å²) in [5, 5.41) is 0. The van der Waals surface area contributed by atoms with Gasteiger partial charge in [-0.1, -0.05) is 162 Å². The third-order valence-electron chi connectivity index (χ3n) is 9.24. The molecule has 0 aliphatic rings. The quantitative estimate of drug-likeness (QED) is 0.0265. The van der Waals surface area contributed by atoms with Crippen molar-refractivity contribution in [2.24, 2.45) is 0 Å². The smallest absolute Gasteiger partial charge is 0.306 e. The lowest BCUT2D eigenvalue weighted by molar-refractivity contribution is -0.167. The minimum Gasteiger partial charge on any atom is -0.462 e. The normalized spacial score (nSPS) is 13.1. The second-order valence-electron chi connectivity index (χ2n) is 14.9. The first-order valence-electron chi connectivity index (χ1n) is 23.4. The first-order chi connectivity index (χ1) is 29.0. The van der Waals surface area contributed by atoms with E-state index in [0.29, 0.717) is 19.3 Å². The number of carbonyl (C=O) groups is 3. The zero-order chi connectivity index (χ0) is 43.0. The van der Waals surface area contributed by atoms with Crippen LogP contribution in [0.15, 0.2) is 109 Å². The van der Waals surface area contributed by atoms with Crippen LogP contribution in [0.25, 0.3) is 0 Å². The molecule has 0 saturated carbocycles. The van der Waals surface area contributed by atoms with Gasteiger partial charge < -0.3 is 14.2 Å². The summed E-state index contributed by atoms with van der Waals surface area (Å²) >= 11 is 0. The van der Waals surface area contributed by atoms with Crippen LogP contribution in [-0.2, 0) is 28.6 Å². The van der Waals surface area contributed by atoms with E-state index in [4.69, 9.17) is 14.2 Å². The summed E-state index contributed by atoms with van der Waals surface area (Å²) in [5.74, 6) is -1.07. The van der Waals surface area contributed by atoms with Crippen LogP contribution in [0.3, 0.4) is 0 Å². The number of hydrogen-bond donors (Lipinski definition) is 0. The highest BCUT2D eigenvalue weighted by Gasteiger charge is 2.19. The van der Waals surface area contributed by atoms with Crippen LogP contribution in [0, 0.1) is 0 Å². The van der Waals surface area contributed by atoms with Gasteiger partial charge in [-0.25, -0.2) is 0 Å². The molecule has 0 aromatic carbocycles. The minimum absolute atomic E-state index is 0.132. The van der Waals surface area contributed by atoms with E-state index < -0.39 is 6.10 Å². The van der Waals surface area contributed by atoms with E-state index in [1.54, 1.807) is 0 Å². The maximum Gasteiger partial charge on any atom is 0.306 e. The average molecular weight is 817 g/mol. The molecule has 0 aliphatic heterocycles. The molecule has 0 aromatic rings. The van der Waals surface area contributed by atoms with Crippen molar-refractivity contribution in [2.75, 3.05) is 13.2 Å². The van der Waals surface area contributed by atoms with Gasteiger partial charge in [0.15, 0.2) is 6.10 Å². The fourth-order valence-electron chi connectivity index (χ4n) is 5.78. The Morgan fingerprint density at radius 3 is 1.10 bits per heavy atom. The first-order valence-corrected chi connectivity index (χ1v) is 23.4. The minimum atomic E-state index is -0.834. The Kier molecular flexibility index (Phi) is 43.6. The number of ether oxygens (including phenoxy) is 3. The number of carbonyl (C=O) groups excluding carboxylic acids is 3. The predicted molar refractivity (Wildman–Crippen MR) is 251 cm³/mol. The van der Waals surface area contributed by atoms with Crippen LogP contribution in [0.5, 0.6) is 0 Å². The molecule has 0 radical (unpaired) electrons. The van der Waals surface area contributed by atoms with Crippen molar-refractivity contribution >= 4 is 17.9 Å². The molecular weight excluding hydrogens is 733 g/mol. The molecule has 332 valence electrons. The molecule has 0 bridgehead atoms. The monoisotopic (exact) mass is 817 g/mol. The lowest BCUT2D eigenvalue weighted by Gasteiger charge is -2.18. The highest BCUT2D eigenvalue weighted by molar-refractivity contribution is 5.71. The Morgan fingerprint density at radius 2 is 0.678 bits per heavy atom. The summed E-state index contributed by atoms with van der Waals surface area (Å²) in [4.78, 5) is 37.7. The largest absolute Gasteiger partial charge is 0.462 e. The van der Waals surface area contributed by atoms with Crippen molar-refractivity contribution < 1.29 is 28.6 Å². The summed E-state index contributed by atoms with van der Waals surface area (Å²) in [6, 6.07) is 0. The fraction of sp³-hybridized carbons (Fsp3) is 0.604. The van der Waals surface area contributed by atoms with Crippen molar-refractivity contribution in [3.05, 3.63) is 109 Å². The molecule has 0 fully saturated rings. The number of rotatable bonds is 40. The molecular formula is C53H84O6. The van der Waals surface area contributed by atoms with Crippen molar-refractivity contribution in [3.8, 4) is 0 Å². The van der Waals surface area contributed by atoms with Gasteiger partial charge in [0.2, 0.25) is 0 Å². The van der Waals surface area contributed by atoms with Gasteiger partial charge in [0.25, 0.3) is 0 Å². The molecule has 0 heterocycles. The van der Waals surface area contributed by atoms with E-state index >= 15 is 0 Å². The van der Waals surface area contributed by atoms with E-state index in [1.165, 1.54) is 44.9 Å². The molecule has 0 N–H and O–H groups in total. The zero-order valence-corrected chi connectivity index (χ0v) is 37.7. The lowest BCUT2D eigenvalue weighted by Crippen LogP contribution is -2.30. The fourth-order valence-corrected chi connectivity index (χ4v) is 5.78. The lowest BCUT2D eigenvalue weighted by atomic mass is 10.1. The van der Waals surface area contributed by atoms with Crippen molar-refractivity contribution in [1.82, 2.24) is 0 Å². The van der Waals surface area contributed by atoms with Crippen molar-refractivity contribution in [1.29, 1.82) is 0 Å². The van der Waals surface area contributed by atoms with Gasteiger partial charge in [-0.15, -0.1) is 0 Å². The molecule has 59 heavy (non-hydrogen) atoms. The Labute approximate surface area is 361 Å². The summed E-state index contributed by atoms with van der Waals surface area (Å²) in [7, 11) is 0. The maximum absolute atomic E-state index is 12.7. The van der Waals surface area contributed by atoms with Gasteiger partial charge in [0.1, 0.15) is 13.2 Å². The molecule has 0 aromatic heterocycles. The van der Waals surface area contributed by atoms with Crippen LogP contribution in [-0.4, -0.2) is 37.2 Å².